The number of aliphatic hydroxyl groups is 1. The van der Waals surface area contributed by atoms with E-state index in [9.17, 15) is 9.50 Å². The maximum Gasteiger partial charge on any atom is 0.126 e. The van der Waals surface area contributed by atoms with Crippen molar-refractivity contribution in [2.75, 3.05) is 19.6 Å². The van der Waals surface area contributed by atoms with E-state index in [1.807, 2.05) is 0 Å². The Kier molecular flexibility index (Phi) is 3.04. The normalized spacial score (nSPS) is 40.9. The summed E-state index contributed by atoms with van der Waals surface area (Å²) in [4.78, 5) is 2.29. The topological polar surface area (TPSA) is 49.5 Å². The van der Waals surface area contributed by atoms with Gasteiger partial charge in [0.05, 0.1) is 6.10 Å². The van der Waals surface area contributed by atoms with E-state index >= 15 is 0 Å². The van der Waals surface area contributed by atoms with Crippen LogP contribution in [0.4, 0.5) is 4.39 Å². The molecule has 3 nitrogen and oxygen atoms in total. The highest BCUT2D eigenvalue weighted by atomic mass is 19.1. The monoisotopic (exact) mass is 202 g/mol. The third-order valence-corrected chi connectivity index (χ3v) is 3.34. The molecule has 0 aromatic carbocycles. The molecule has 1 heterocycles. The summed E-state index contributed by atoms with van der Waals surface area (Å²) in [5.41, 5.74) is 5.67. The molecule has 0 aromatic heterocycles. The first kappa shape index (κ1) is 10.3. The van der Waals surface area contributed by atoms with Crippen LogP contribution >= 0.6 is 0 Å². The van der Waals surface area contributed by atoms with E-state index in [0.29, 0.717) is 24.8 Å². The Morgan fingerprint density at radius 1 is 1.36 bits per heavy atom. The lowest BCUT2D eigenvalue weighted by atomic mass is 9.85. The zero-order valence-corrected chi connectivity index (χ0v) is 8.40. The molecule has 1 aliphatic heterocycles. The molecule has 3 atom stereocenters. The summed E-state index contributed by atoms with van der Waals surface area (Å²) >= 11 is 0. The number of likely N-dealkylation sites (tertiary alicyclic amines) is 1. The first-order valence-corrected chi connectivity index (χ1v) is 5.45. The quantitative estimate of drug-likeness (QED) is 0.669. The molecule has 0 bridgehead atoms. The summed E-state index contributed by atoms with van der Waals surface area (Å²) in [6.07, 6.45) is 0.316. The van der Waals surface area contributed by atoms with E-state index in [0.717, 1.165) is 26.1 Å². The second kappa shape index (κ2) is 4.13. The van der Waals surface area contributed by atoms with Gasteiger partial charge in [-0.3, -0.25) is 4.90 Å². The molecule has 2 rings (SSSR count). The fourth-order valence-corrected chi connectivity index (χ4v) is 2.48. The molecule has 0 aromatic rings. The summed E-state index contributed by atoms with van der Waals surface area (Å²) < 4.78 is 13.0. The van der Waals surface area contributed by atoms with Gasteiger partial charge in [-0.15, -0.1) is 0 Å². The minimum Gasteiger partial charge on any atom is -0.390 e. The van der Waals surface area contributed by atoms with E-state index in [1.165, 1.54) is 0 Å². The van der Waals surface area contributed by atoms with E-state index < -0.39 is 12.3 Å². The Labute approximate surface area is 84.1 Å². The number of nitrogens with two attached hydrogens (primary N) is 1. The lowest BCUT2D eigenvalue weighted by Crippen LogP contribution is -2.57. The SMILES string of the molecule is NC1CN(CC2CCC(F)C(O)C2)C1. The van der Waals surface area contributed by atoms with Crippen molar-refractivity contribution >= 4 is 0 Å². The fraction of sp³-hybridized carbons (Fsp3) is 1.00. The van der Waals surface area contributed by atoms with Gasteiger partial charge in [0.2, 0.25) is 0 Å². The van der Waals surface area contributed by atoms with Gasteiger partial charge in [-0.1, -0.05) is 0 Å². The molecule has 1 aliphatic carbocycles. The third kappa shape index (κ3) is 2.24. The Morgan fingerprint density at radius 2 is 2.07 bits per heavy atom. The van der Waals surface area contributed by atoms with Crippen molar-refractivity contribution < 1.29 is 9.50 Å². The number of hydrogen-bond acceptors (Lipinski definition) is 3. The van der Waals surface area contributed by atoms with E-state index in [2.05, 4.69) is 4.90 Å². The highest BCUT2D eigenvalue weighted by Gasteiger charge is 2.32. The van der Waals surface area contributed by atoms with Gasteiger partial charge in [-0.25, -0.2) is 4.39 Å². The summed E-state index contributed by atoms with van der Waals surface area (Å²) in [6.45, 7) is 2.91. The van der Waals surface area contributed by atoms with Gasteiger partial charge >= 0.3 is 0 Å². The van der Waals surface area contributed by atoms with Crippen molar-refractivity contribution in [3.8, 4) is 0 Å². The van der Waals surface area contributed by atoms with Gasteiger partial charge < -0.3 is 10.8 Å². The van der Waals surface area contributed by atoms with Crippen LogP contribution in [0.3, 0.4) is 0 Å². The van der Waals surface area contributed by atoms with Crippen LogP contribution in [-0.4, -0.2) is 48.0 Å². The summed E-state index contributed by atoms with van der Waals surface area (Å²) in [7, 11) is 0. The smallest absolute Gasteiger partial charge is 0.126 e. The van der Waals surface area contributed by atoms with Crippen molar-refractivity contribution in [2.24, 2.45) is 11.7 Å². The largest absolute Gasteiger partial charge is 0.390 e. The Morgan fingerprint density at radius 3 is 2.64 bits per heavy atom. The molecule has 3 N–H and O–H groups in total. The first-order valence-electron chi connectivity index (χ1n) is 5.45. The van der Waals surface area contributed by atoms with Crippen LogP contribution in [0, 0.1) is 5.92 Å². The van der Waals surface area contributed by atoms with Crippen molar-refractivity contribution in [3.63, 3.8) is 0 Å². The molecule has 4 heteroatoms. The van der Waals surface area contributed by atoms with Gasteiger partial charge in [0.15, 0.2) is 0 Å². The van der Waals surface area contributed by atoms with E-state index in [4.69, 9.17) is 5.73 Å². The lowest BCUT2D eigenvalue weighted by Gasteiger charge is -2.40. The fourth-order valence-electron chi connectivity index (χ4n) is 2.48. The molecule has 2 fully saturated rings. The van der Waals surface area contributed by atoms with Gasteiger partial charge in [-0.2, -0.15) is 0 Å². The molecule has 0 radical (unpaired) electrons. The molecule has 82 valence electrons. The second-order valence-corrected chi connectivity index (χ2v) is 4.74. The van der Waals surface area contributed by atoms with Crippen LogP contribution in [0.2, 0.25) is 0 Å². The number of rotatable bonds is 2. The average Bonchev–Trinajstić information content (AvgIpc) is 2.09. The molecule has 1 saturated heterocycles. The van der Waals surface area contributed by atoms with Gasteiger partial charge in [0, 0.05) is 25.7 Å². The van der Waals surface area contributed by atoms with Crippen LogP contribution in [0.25, 0.3) is 0 Å². The molecule has 14 heavy (non-hydrogen) atoms. The third-order valence-electron chi connectivity index (χ3n) is 3.34. The van der Waals surface area contributed by atoms with Crippen LogP contribution in [0.15, 0.2) is 0 Å². The minimum absolute atomic E-state index is 0.331. The second-order valence-electron chi connectivity index (χ2n) is 4.74. The van der Waals surface area contributed by atoms with Crippen molar-refractivity contribution in [1.29, 1.82) is 0 Å². The molecular weight excluding hydrogens is 183 g/mol. The molecule has 2 aliphatic rings. The van der Waals surface area contributed by atoms with Crippen LogP contribution in [0.1, 0.15) is 19.3 Å². The highest BCUT2D eigenvalue weighted by molar-refractivity contribution is 4.87. The van der Waals surface area contributed by atoms with Crippen LogP contribution in [0.5, 0.6) is 0 Å². The number of hydrogen-bond donors (Lipinski definition) is 2. The Balaban J connectivity index is 1.71. The van der Waals surface area contributed by atoms with Gasteiger partial charge in [-0.05, 0) is 25.2 Å². The molecule has 0 amide bonds. The van der Waals surface area contributed by atoms with Crippen LogP contribution in [-0.2, 0) is 0 Å². The molecule has 3 unspecified atom stereocenters. The lowest BCUT2D eigenvalue weighted by molar-refractivity contribution is 0.00691. The summed E-state index contributed by atoms with van der Waals surface area (Å²) in [5.74, 6) is 0.462. The Bertz CT molecular complexity index is 197. The number of alkyl halides is 1. The summed E-state index contributed by atoms with van der Waals surface area (Å²) in [6, 6.07) is 0.331. The average molecular weight is 202 g/mol. The minimum atomic E-state index is -0.995. The maximum absolute atomic E-state index is 13.0. The van der Waals surface area contributed by atoms with E-state index in [-0.39, 0.29) is 0 Å². The van der Waals surface area contributed by atoms with Crippen LogP contribution < -0.4 is 5.73 Å². The van der Waals surface area contributed by atoms with E-state index in [1.54, 1.807) is 0 Å². The van der Waals surface area contributed by atoms with Crippen molar-refractivity contribution in [2.45, 2.75) is 37.6 Å². The number of halogens is 1. The molecular formula is C10H19FN2O. The van der Waals surface area contributed by atoms with Gasteiger partial charge in [0.25, 0.3) is 0 Å². The zero-order chi connectivity index (χ0) is 10.1. The molecule has 1 saturated carbocycles. The van der Waals surface area contributed by atoms with Gasteiger partial charge in [0.1, 0.15) is 6.17 Å². The standard InChI is InChI=1S/C10H19FN2O/c11-9-2-1-7(3-10(9)14)4-13-5-8(12)6-13/h7-10,14H,1-6,12H2. The number of aliphatic hydroxyl groups excluding tert-OH is 1. The summed E-state index contributed by atoms with van der Waals surface area (Å²) in [5, 5.41) is 9.39. The Hall–Kier alpha value is -0.190. The zero-order valence-electron chi connectivity index (χ0n) is 8.40. The predicted octanol–water partition coefficient (Wildman–Crippen LogP) is 0.128. The maximum atomic E-state index is 13.0. The molecule has 0 spiro atoms. The highest BCUT2D eigenvalue weighted by Crippen LogP contribution is 2.28. The van der Waals surface area contributed by atoms with Crippen molar-refractivity contribution in [3.05, 3.63) is 0 Å². The first-order chi connectivity index (χ1) is 6.65. The predicted molar refractivity (Wildman–Crippen MR) is 52.7 cm³/mol. The van der Waals surface area contributed by atoms with Crippen molar-refractivity contribution in [1.82, 2.24) is 4.90 Å². The number of nitrogens with zero attached hydrogens (tertiary/aromatic N) is 1.